The van der Waals surface area contributed by atoms with Gasteiger partial charge in [0.2, 0.25) is 28.8 Å². The molecule has 108 valence electrons. The van der Waals surface area contributed by atoms with E-state index in [1.54, 1.807) is 12.2 Å². The third-order valence-corrected chi connectivity index (χ3v) is 14.0. The Morgan fingerprint density at radius 2 is 1.11 bits per heavy atom. The highest BCUT2D eigenvalue weighted by Gasteiger charge is 2.41. The van der Waals surface area contributed by atoms with Crippen molar-refractivity contribution in [1.29, 1.82) is 0 Å². The summed E-state index contributed by atoms with van der Waals surface area (Å²) in [7, 11) is -4.10. The second kappa shape index (κ2) is 9.12. The van der Waals surface area contributed by atoms with Crippen LogP contribution in [0, 0.1) is 0 Å². The third kappa shape index (κ3) is 5.34. The van der Waals surface area contributed by atoms with Crippen molar-refractivity contribution < 1.29 is 13.7 Å². The van der Waals surface area contributed by atoms with Gasteiger partial charge < -0.3 is 4.12 Å². The fourth-order valence-corrected chi connectivity index (χ4v) is 11.2. The summed E-state index contributed by atoms with van der Waals surface area (Å²) >= 11 is 0. The Bertz CT molecular complexity index is 322. The molecule has 5 nitrogen and oxygen atoms in total. The molecule has 0 saturated heterocycles. The fourth-order valence-electron chi connectivity index (χ4n) is 2.11. The van der Waals surface area contributed by atoms with E-state index in [1.807, 2.05) is 0 Å². The van der Waals surface area contributed by atoms with Crippen molar-refractivity contribution >= 4 is 28.8 Å². The Kier molecular flexibility index (Phi) is 8.71. The zero-order valence-electron chi connectivity index (χ0n) is 12.4. The third-order valence-electron chi connectivity index (χ3n) is 3.87. The standard InChI is InChI=1S/C12H24N2O3Si2/c1-5-18(6-2,11-13-9-15)17-19(7-3,8-4)12-14-10-16/h5-8,11-12H2,1-4H3. The van der Waals surface area contributed by atoms with Crippen molar-refractivity contribution in [3.05, 3.63) is 0 Å². The number of aliphatic imine (C=N–C) groups is 2. The lowest BCUT2D eigenvalue weighted by Crippen LogP contribution is -2.54. The number of isocyanates is 2. The summed E-state index contributed by atoms with van der Waals surface area (Å²) in [5, 5.41) is 0. The van der Waals surface area contributed by atoms with E-state index in [2.05, 4.69) is 37.7 Å². The first kappa shape index (κ1) is 18.2. The molecule has 0 bridgehead atoms. The zero-order chi connectivity index (χ0) is 14.8. The summed E-state index contributed by atoms with van der Waals surface area (Å²) in [5.41, 5.74) is 0. The smallest absolute Gasteiger partial charge is 0.234 e. The van der Waals surface area contributed by atoms with E-state index in [1.165, 1.54) is 0 Å². The molecule has 0 spiro atoms. The quantitative estimate of drug-likeness (QED) is 0.354. The van der Waals surface area contributed by atoms with Gasteiger partial charge in [0, 0.05) is 0 Å². The number of hydrogen-bond donors (Lipinski definition) is 0. The molecule has 0 aliphatic carbocycles. The van der Waals surface area contributed by atoms with Crippen molar-refractivity contribution in [3.63, 3.8) is 0 Å². The highest BCUT2D eigenvalue weighted by atomic mass is 28.4. The van der Waals surface area contributed by atoms with Gasteiger partial charge in [0.05, 0.1) is 12.3 Å². The van der Waals surface area contributed by atoms with Gasteiger partial charge in [-0.25, -0.2) is 19.6 Å². The average Bonchev–Trinajstić information content (AvgIpc) is 2.48. The Hall–Kier alpha value is -0.846. The van der Waals surface area contributed by atoms with Crippen molar-refractivity contribution in [2.24, 2.45) is 9.98 Å². The van der Waals surface area contributed by atoms with Crippen LogP contribution in [0.1, 0.15) is 27.7 Å². The first-order valence-electron chi connectivity index (χ1n) is 6.85. The Morgan fingerprint density at radius 3 is 1.32 bits per heavy atom. The van der Waals surface area contributed by atoms with Gasteiger partial charge in [-0.1, -0.05) is 27.7 Å². The van der Waals surface area contributed by atoms with Crippen molar-refractivity contribution in [1.82, 2.24) is 0 Å². The minimum atomic E-state index is -2.05. The maximum absolute atomic E-state index is 10.4. The van der Waals surface area contributed by atoms with Crippen LogP contribution in [0.5, 0.6) is 0 Å². The molecule has 0 aliphatic rings. The molecule has 0 aromatic heterocycles. The number of nitrogens with zero attached hydrogens (tertiary/aromatic N) is 2. The van der Waals surface area contributed by atoms with Crippen LogP contribution >= 0.6 is 0 Å². The van der Waals surface area contributed by atoms with Gasteiger partial charge in [-0.3, -0.25) is 0 Å². The largest absolute Gasteiger partial charge is 0.452 e. The van der Waals surface area contributed by atoms with Crippen LogP contribution in [0.4, 0.5) is 0 Å². The number of hydrogen-bond acceptors (Lipinski definition) is 5. The topological polar surface area (TPSA) is 68.1 Å². The zero-order valence-corrected chi connectivity index (χ0v) is 14.4. The van der Waals surface area contributed by atoms with Crippen LogP contribution in [-0.2, 0) is 13.7 Å². The molecular weight excluding hydrogens is 276 g/mol. The molecule has 0 heterocycles. The van der Waals surface area contributed by atoms with Gasteiger partial charge in [0.1, 0.15) is 0 Å². The van der Waals surface area contributed by atoms with Crippen molar-refractivity contribution in [3.8, 4) is 0 Å². The summed E-state index contributed by atoms with van der Waals surface area (Å²) in [6, 6.07) is 3.64. The highest BCUT2D eigenvalue weighted by Crippen LogP contribution is 2.27. The second-order valence-electron chi connectivity index (χ2n) is 4.70. The lowest BCUT2D eigenvalue weighted by molar-refractivity contribution is 0.506. The Morgan fingerprint density at radius 1 is 0.789 bits per heavy atom. The van der Waals surface area contributed by atoms with Crippen LogP contribution < -0.4 is 0 Å². The van der Waals surface area contributed by atoms with Crippen LogP contribution in [0.3, 0.4) is 0 Å². The van der Waals surface area contributed by atoms with Gasteiger partial charge in [-0.2, -0.15) is 0 Å². The van der Waals surface area contributed by atoms with E-state index in [0.717, 1.165) is 24.2 Å². The molecule has 0 N–H and O–H groups in total. The van der Waals surface area contributed by atoms with Crippen molar-refractivity contribution in [2.75, 3.05) is 12.3 Å². The van der Waals surface area contributed by atoms with Gasteiger partial charge >= 0.3 is 0 Å². The Labute approximate surface area is 117 Å². The Balaban J connectivity index is 5.22. The van der Waals surface area contributed by atoms with E-state index >= 15 is 0 Å². The summed E-state index contributed by atoms with van der Waals surface area (Å²) in [6.07, 6.45) is 4.15. The van der Waals surface area contributed by atoms with E-state index in [-0.39, 0.29) is 0 Å². The average molecular weight is 301 g/mol. The molecule has 0 aromatic rings. The van der Waals surface area contributed by atoms with E-state index < -0.39 is 16.6 Å². The molecular formula is C12H24N2O3Si2. The molecule has 0 saturated carbocycles. The molecule has 19 heavy (non-hydrogen) atoms. The lowest BCUT2D eigenvalue weighted by Gasteiger charge is -2.39. The molecule has 0 atom stereocenters. The second-order valence-corrected chi connectivity index (χ2v) is 13.7. The van der Waals surface area contributed by atoms with Gasteiger partial charge in [-0.05, 0) is 24.2 Å². The van der Waals surface area contributed by atoms with Gasteiger partial charge in [0.25, 0.3) is 0 Å². The monoisotopic (exact) mass is 300 g/mol. The summed E-state index contributed by atoms with van der Waals surface area (Å²) < 4.78 is 6.56. The minimum absolute atomic E-state index is 0.461. The fraction of sp³-hybridized carbons (Fsp3) is 0.833. The maximum Gasteiger partial charge on any atom is 0.234 e. The first-order valence-corrected chi connectivity index (χ1v) is 11.9. The van der Waals surface area contributed by atoms with Crippen molar-refractivity contribution in [2.45, 2.75) is 51.9 Å². The molecule has 0 unspecified atom stereocenters. The lowest BCUT2D eigenvalue weighted by atomic mass is 10.9. The normalized spacial score (nSPS) is 11.6. The first-order chi connectivity index (χ1) is 9.07. The molecule has 7 heteroatoms. The van der Waals surface area contributed by atoms with E-state index in [4.69, 9.17) is 4.12 Å². The summed E-state index contributed by atoms with van der Waals surface area (Å²) in [6.45, 7) is 8.35. The summed E-state index contributed by atoms with van der Waals surface area (Å²) in [5.74, 6) is 0. The summed E-state index contributed by atoms with van der Waals surface area (Å²) in [4.78, 5) is 28.3. The van der Waals surface area contributed by atoms with Crippen LogP contribution in [0.25, 0.3) is 0 Å². The van der Waals surface area contributed by atoms with E-state index in [9.17, 15) is 9.59 Å². The number of carbonyl (C=O) groups excluding carboxylic acids is 2. The van der Waals surface area contributed by atoms with Crippen LogP contribution in [0.2, 0.25) is 24.2 Å². The SMILES string of the molecule is CC[Si](CC)(CN=C=O)O[Si](CC)(CC)CN=C=O. The molecule has 0 aromatic carbocycles. The molecule has 0 amide bonds. The van der Waals surface area contributed by atoms with Gasteiger partial charge in [-0.15, -0.1) is 0 Å². The predicted molar refractivity (Wildman–Crippen MR) is 80.5 cm³/mol. The molecule has 0 rings (SSSR count). The maximum atomic E-state index is 10.4. The molecule has 0 aliphatic heterocycles. The van der Waals surface area contributed by atoms with E-state index in [0.29, 0.717) is 12.3 Å². The highest BCUT2D eigenvalue weighted by molar-refractivity contribution is 6.87. The molecule has 0 fully saturated rings. The van der Waals surface area contributed by atoms with Crippen LogP contribution in [-0.4, -0.2) is 41.1 Å². The van der Waals surface area contributed by atoms with Crippen LogP contribution in [0.15, 0.2) is 9.98 Å². The predicted octanol–water partition coefficient (Wildman–Crippen LogP) is 2.72. The number of rotatable bonds is 10. The van der Waals surface area contributed by atoms with Gasteiger partial charge in [0.15, 0.2) is 0 Å². The minimum Gasteiger partial charge on any atom is -0.452 e. The molecule has 0 radical (unpaired) electrons.